The fourth-order valence-corrected chi connectivity index (χ4v) is 7.01. The van der Waals surface area contributed by atoms with Crippen molar-refractivity contribution in [1.82, 2.24) is 20.4 Å². The third kappa shape index (κ3) is 5.35. The molecule has 4 amide bonds. The van der Waals surface area contributed by atoms with E-state index in [1.807, 2.05) is 37.3 Å². The van der Waals surface area contributed by atoms with Crippen LogP contribution in [0.2, 0.25) is 0 Å². The number of nitrogens with zero attached hydrogens (tertiary/aromatic N) is 2. The first-order valence-electron chi connectivity index (χ1n) is 13.3. The Balaban J connectivity index is 0.00000320. The van der Waals surface area contributed by atoms with Crippen LogP contribution in [0.15, 0.2) is 30.3 Å². The lowest BCUT2D eigenvalue weighted by atomic mass is 9.81. The van der Waals surface area contributed by atoms with Crippen LogP contribution in [0, 0.1) is 5.92 Å². The molecule has 2 unspecified atom stereocenters. The summed E-state index contributed by atoms with van der Waals surface area (Å²) < 4.78 is 27.2. The summed E-state index contributed by atoms with van der Waals surface area (Å²) in [7, 11) is 0. The molecule has 3 saturated heterocycles. The summed E-state index contributed by atoms with van der Waals surface area (Å²) >= 11 is 0. The van der Waals surface area contributed by atoms with Crippen molar-refractivity contribution in [3.8, 4) is 0 Å². The molecular weight excluding hydrogens is 502 g/mol. The number of imide groups is 1. The molecule has 1 spiro atoms. The largest absolute Gasteiger partial charge is 0.349 e. The second-order valence-corrected chi connectivity index (χ2v) is 11.0. The number of benzene rings is 1. The Morgan fingerprint density at radius 3 is 2.30 bits per heavy atom. The molecule has 4 fully saturated rings. The van der Waals surface area contributed by atoms with Gasteiger partial charge in [-0.25, -0.2) is 13.6 Å². The van der Waals surface area contributed by atoms with E-state index in [0.29, 0.717) is 25.8 Å². The van der Waals surface area contributed by atoms with Crippen molar-refractivity contribution in [2.45, 2.75) is 94.3 Å². The minimum atomic E-state index is -2.66. The zero-order chi connectivity index (χ0) is 25.5. The number of hydrogen-bond donors (Lipinski definition) is 2. The predicted molar refractivity (Wildman–Crippen MR) is 137 cm³/mol. The Morgan fingerprint density at radius 1 is 1.08 bits per heavy atom. The van der Waals surface area contributed by atoms with E-state index in [1.165, 1.54) is 0 Å². The zero-order valence-corrected chi connectivity index (χ0v) is 22.1. The molecule has 4 aliphatic rings. The molecule has 204 valence electrons. The number of carbonyl (C=O) groups is 3. The lowest BCUT2D eigenvalue weighted by molar-refractivity contribution is -0.131. The molecule has 1 aromatic carbocycles. The van der Waals surface area contributed by atoms with Gasteiger partial charge in [0, 0.05) is 43.9 Å². The monoisotopic (exact) mass is 538 g/mol. The lowest BCUT2D eigenvalue weighted by Gasteiger charge is -2.46. The maximum absolute atomic E-state index is 13.6. The van der Waals surface area contributed by atoms with E-state index < -0.39 is 11.5 Å². The minimum absolute atomic E-state index is 0. The number of piperidine rings is 1. The van der Waals surface area contributed by atoms with Gasteiger partial charge >= 0.3 is 6.03 Å². The van der Waals surface area contributed by atoms with Gasteiger partial charge in [-0.05, 0) is 57.4 Å². The van der Waals surface area contributed by atoms with E-state index in [9.17, 15) is 23.2 Å². The maximum Gasteiger partial charge on any atom is 0.325 e. The second-order valence-electron chi connectivity index (χ2n) is 11.0. The molecule has 1 saturated carbocycles. The lowest BCUT2D eigenvalue weighted by Crippen LogP contribution is -2.60. The van der Waals surface area contributed by atoms with Crippen molar-refractivity contribution < 1.29 is 23.2 Å². The van der Waals surface area contributed by atoms with Crippen molar-refractivity contribution in [1.29, 1.82) is 0 Å². The maximum atomic E-state index is 13.6. The molecule has 2 N–H and O–H groups in total. The molecular formula is C27H37ClF2N4O3. The summed E-state index contributed by atoms with van der Waals surface area (Å²) in [6, 6.07) is 9.73. The average molecular weight is 539 g/mol. The second kappa shape index (κ2) is 10.8. The Morgan fingerprint density at radius 2 is 1.70 bits per heavy atom. The number of fused-ring (bicyclic) bond motifs is 2. The molecule has 0 radical (unpaired) electrons. The van der Waals surface area contributed by atoms with Crippen molar-refractivity contribution >= 4 is 30.3 Å². The summed E-state index contributed by atoms with van der Waals surface area (Å²) in [4.78, 5) is 42.4. The normalized spacial score (nSPS) is 30.2. The molecule has 2 bridgehead atoms. The zero-order valence-electron chi connectivity index (χ0n) is 21.3. The number of alkyl halides is 2. The van der Waals surface area contributed by atoms with Gasteiger partial charge in [0.05, 0.1) is 6.04 Å². The highest BCUT2D eigenvalue weighted by atomic mass is 35.5. The van der Waals surface area contributed by atoms with Crippen LogP contribution >= 0.6 is 12.4 Å². The number of likely N-dealkylation sites (N-methyl/N-ethyl adjacent to an activating group) is 1. The molecule has 3 aliphatic heterocycles. The van der Waals surface area contributed by atoms with Crippen LogP contribution in [0.5, 0.6) is 0 Å². The number of nitrogens with one attached hydrogen (secondary N) is 2. The van der Waals surface area contributed by atoms with E-state index in [-0.39, 0.29) is 80.0 Å². The highest BCUT2D eigenvalue weighted by molar-refractivity contribution is 6.07. The topological polar surface area (TPSA) is 81.8 Å². The first kappa shape index (κ1) is 27.8. The number of halogens is 3. The fourth-order valence-electron chi connectivity index (χ4n) is 7.01. The molecule has 37 heavy (non-hydrogen) atoms. The van der Waals surface area contributed by atoms with Gasteiger partial charge in [0.15, 0.2) is 0 Å². The van der Waals surface area contributed by atoms with Crippen molar-refractivity contribution in [3.63, 3.8) is 0 Å². The highest BCUT2D eigenvalue weighted by Gasteiger charge is 2.59. The molecule has 7 nitrogen and oxygen atoms in total. The van der Waals surface area contributed by atoms with Crippen molar-refractivity contribution in [2.75, 3.05) is 13.1 Å². The van der Waals surface area contributed by atoms with Gasteiger partial charge in [-0.15, -0.1) is 12.4 Å². The van der Waals surface area contributed by atoms with E-state index in [4.69, 9.17) is 0 Å². The van der Waals surface area contributed by atoms with Crippen LogP contribution in [0.3, 0.4) is 0 Å². The molecule has 10 heteroatoms. The molecule has 5 rings (SSSR count). The van der Waals surface area contributed by atoms with Crippen molar-refractivity contribution in [2.24, 2.45) is 5.92 Å². The third-order valence-corrected chi connectivity index (χ3v) is 8.92. The molecule has 3 heterocycles. The van der Waals surface area contributed by atoms with E-state index in [2.05, 4.69) is 15.5 Å². The van der Waals surface area contributed by atoms with Gasteiger partial charge in [-0.2, -0.15) is 0 Å². The predicted octanol–water partition coefficient (Wildman–Crippen LogP) is 4.42. The summed E-state index contributed by atoms with van der Waals surface area (Å²) in [5.74, 6) is -3.34. The van der Waals surface area contributed by atoms with Crippen LogP contribution in [-0.4, -0.2) is 64.3 Å². The smallest absolute Gasteiger partial charge is 0.325 e. The van der Waals surface area contributed by atoms with E-state index in [1.54, 1.807) is 4.90 Å². The number of hydrogen-bond acceptors (Lipinski definition) is 4. The van der Waals surface area contributed by atoms with Crippen LogP contribution in [0.4, 0.5) is 13.6 Å². The highest BCUT2D eigenvalue weighted by Crippen LogP contribution is 2.46. The van der Waals surface area contributed by atoms with Crippen molar-refractivity contribution in [3.05, 3.63) is 35.9 Å². The molecule has 0 aromatic heterocycles. The number of rotatable bonds is 7. The van der Waals surface area contributed by atoms with Gasteiger partial charge in [0.2, 0.25) is 11.8 Å². The minimum Gasteiger partial charge on any atom is -0.349 e. The Labute approximate surface area is 223 Å². The molecule has 3 atom stereocenters. The van der Waals surface area contributed by atoms with Gasteiger partial charge in [0.25, 0.3) is 5.91 Å². The van der Waals surface area contributed by atoms with Crippen LogP contribution in [-0.2, 0) is 9.59 Å². The summed E-state index contributed by atoms with van der Waals surface area (Å²) in [5, 5.41) is 5.70. The molecule has 1 aromatic rings. The van der Waals surface area contributed by atoms with E-state index >= 15 is 0 Å². The van der Waals surface area contributed by atoms with Gasteiger partial charge < -0.3 is 10.2 Å². The van der Waals surface area contributed by atoms with Gasteiger partial charge in [-0.1, -0.05) is 30.3 Å². The summed E-state index contributed by atoms with van der Waals surface area (Å²) in [6.07, 6.45) is 3.91. The number of carbonyl (C=O) groups excluding carboxylic acids is 3. The summed E-state index contributed by atoms with van der Waals surface area (Å²) in [5.41, 5.74) is 0.260. The number of amides is 4. The number of urea groups is 1. The Hall–Kier alpha value is -2.26. The van der Waals surface area contributed by atoms with Gasteiger partial charge in [-0.3, -0.25) is 19.8 Å². The standard InChI is InChI=1S/C27H36F2N4O3.ClH/c1-2-33-25(36)31-24(35)26(33)16-20-8-9-21(17-26)32(20)15-12-22(18-6-4-3-5-7-18)30-23(34)19-10-13-27(28,29)14-11-19;/h3-7,19-22H,2,8-17H2,1H3,(H,30,34)(H,31,35,36);1H/t20?,21?,22-,26?;/m0./s1. The SMILES string of the molecule is CCN1C(=O)NC(=O)C12CC1CCC(C2)N1CC[C@H](NC(=O)C1CCC(F)(F)CC1)c1ccccc1.Cl. The first-order valence-corrected chi connectivity index (χ1v) is 13.3. The average Bonchev–Trinajstić information content (AvgIpc) is 3.23. The fraction of sp³-hybridized carbons (Fsp3) is 0.667. The Bertz CT molecular complexity index is 987. The third-order valence-electron chi connectivity index (χ3n) is 8.92. The Kier molecular flexibility index (Phi) is 8.14. The van der Waals surface area contributed by atoms with Crippen LogP contribution in [0.25, 0.3) is 0 Å². The summed E-state index contributed by atoms with van der Waals surface area (Å²) in [6.45, 7) is 3.18. The van der Waals surface area contributed by atoms with Crippen LogP contribution < -0.4 is 10.6 Å². The first-order chi connectivity index (χ1) is 17.2. The van der Waals surface area contributed by atoms with Crippen LogP contribution in [0.1, 0.15) is 76.3 Å². The quantitative estimate of drug-likeness (QED) is 0.504. The molecule has 1 aliphatic carbocycles. The van der Waals surface area contributed by atoms with Gasteiger partial charge in [0.1, 0.15) is 5.54 Å². The van der Waals surface area contributed by atoms with E-state index in [0.717, 1.165) is 24.9 Å².